The van der Waals surface area contributed by atoms with Gasteiger partial charge in [0.15, 0.2) is 0 Å². The number of rotatable bonds is 3. The number of hydrogen-bond acceptors (Lipinski definition) is 2. The highest BCUT2D eigenvalue weighted by Crippen LogP contribution is 2.16. The molecule has 1 aromatic rings. The monoisotopic (exact) mass is 269 g/mol. The van der Waals surface area contributed by atoms with Gasteiger partial charge < -0.3 is 4.90 Å². The lowest BCUT2D eigenvalue weighted by Gasteiger charge is -2.30. The maximum atomic E-state index is 12.5. The fraction of sp³-hybridized carbons (Fsp3) is 0.538. The number of hydrogen-bond donors (Lipinski definition) is 1. The van der Waals surface area contributed by atoms with Crippen molar-refractivity contribution in [3.8, 4) is 0 Å². The minimum Gasteiger partial charge on any atom is -0.333 e. The molecule has 0 aromatic heterocycles. The summed E-state index contributed by atoms with van der Waals surface area (Å²) in [6, 6.07) is 7.14. The van der Waals surface area contributed by atoms with Gasteiger partial charge in [0.05, 0.1) is 37.6 Å². The molecule has 1 heterocycles. The fourth-order valence-electron chi connectivity index (χ4n) is 2.32. The number of aryl methyl sites for hydroxylation is 1. The van der Waals surface area contributed by atoms with Gasteiger partial charge in [0.1, 0.15) is 0 Å². The van der Waals surface area contributed by atoms with Crippen molar-refractivity contribution < 1.29 is 13.3 Å². The van der Waals surface area contributed by atoms with Gasteiger partial charge in [0.2, 0.25) is 10.0 Å². The van der Waals surface area contributed by atoms with Gasteiger partial charge >= 0.3 is 0 Å². The Labute approximate surface area is 109 Å². The number of nitrogens with one attached hydrogen (secondary N) is 1. The van der Waals surface area contributed by atoms with E-state index in [0.717, 1.165) is 25.2 Å². The third kappa shape index (κ3) is 2.74. The van der Waals surface area contributed by atoms with E-state index in [9.17, 15) is 8.42 Å². The molecule has 1 N–H and O–H groups in total. The Morgan fingerprint density at radius 3 is 2.50 bits per heavy atom. The normalized spacial score (nSPS) is 19.0. The van der Waals surface area contributed by atoms with Gasteiger partial charge in [-0.3, -0.25) is 0 Å². The summed E-state index contributed by atoms with van der Waals surface area (Å²) in [4.78, 5) is 1.90. The lowest BCUT2D eigenvalue weighted by molar-refractivity contribution is -0.901. The molecule has 1 saturated heterocycles. The van der Waals surface area contributed by atoms with E-state index in [1.807, 2.05) is 13.0 Å². The van der Waals surface area contributed by atoms with Crippen LogP contribution in [0.1, 0.15) is 12.5 Å². The highest BCUT2D eigenvalue weighted by Gasteiger charge is 2.29. The van der Waals surface area contributed by atoms with E-state index in [0.29, 0.717) is 18.0 Å². The van der Waals surface area contributed by atoms with Crippen molar-refractivity contribution in [2.75, 3.05) is 32.7 Å². The van der Waals surface area contributed by atoms with E-state index in [4.69, 9.17) is 0 Å². The van der Waals surface area contributed by atoms with E-state index in [2.05, 4.69) is 6.92 Å². The molecule has 0 amide bonds. The Balaban J connectivity index is 2.17. The summed E-state index contributed by atoms with van der Waals surface area (Å²) >= 11 is 0. The summed E-state index contributed by atoms with van der Waals surface area (Å²) in [5.41, 5.74) is 0.980. The average molecular weight is 269 g/mol. The summed E-state index contributed by atoms with van der Waals surface area (Å²) in [5, 5.41) is 0. The van der Waals surface area contributed by atoms with Crippen LogP contribution in [0.2, 0.25) is 0 Å². The van der Waals surface area contributed by atoms with Crippen molar-refractivity contribution in [1.29, 1.82) is 0 Å². The first-order chi connectivity index (χ1) is 8.54. The molecule has 1 aromatic carbocycles. The third-order valence-electron chi connectivity index (χ3n) is 3.56. The largest absolute Gasteiger partial charge is 0.333 e. The Hall–Kier alpha value is -0.910. The van der Waals surface area contributed by atoms with Crippen LogP contribution in [0.5, 0.6) is 0 Å². The Morgan fingerprint density at radius 1 is 1.28 bits per heavy atom. The molecule has 18 heavy (non-hydrogen) atoms. The van der Waals surface area contributed by atoms with Crippen molar-refractivity contribution in [3.63, 3.8) is 0 Å². The molecule has 0 atom stereocenters. The molecule has 1 fully saturated rings. The first-order valence-electron chi connectivity index (χ1n) is 6.44. The first kappa shape index (κ1) is 13.5. The summed E-state index contributed by atoms with van der Waals surface area (Å²) in [5.74, 6) is 0. The average Bonchev–Trinajstić information content (AvgIpc) is 2.39. The second kappa shape index (κ2) is 5.38. The zero-order valence-electron chi connectivity index (χ0n) is 11.0. The Kier molecular flexibility index (Phi) is 4.04. The van der Waals surface area contributed by atoms with Gasteiger partial charge in [0.25, 0.3) is 0 Å². The van der Waals surface area contributed by atoms with Gasteiger partial charge in [-0.05, 0) is 31.5 Å². The molecule has 0 bridgehead atoms. The van der Waals surface area contributed by atoms with E-state index in [-0.39, 0.29) is 0 Å². The zero-order chi connectivity index (χ0) is 13.2. The number of piperazine rings is 1. The van der Waals surface area contributed by atoms with Gasteiger partial charge in [-0.2, -0.15) is 4.31 Å². The SMILES string of the molecule is CC[NH+]1CCN(S(=O)(=O)c2cccc(C)c2)CC1. The van der Waals surface area contributed by atoms with Crippen LogP contribution in [0.4, 0.5) is 0 Å². The molecule has 100 valence electrons. The molecule has 1 aliphatic rings. The topological polar surface area (TPSA) is 41.8 Å². The van der Waals surface area contributed by atoms with Gasteiger partial charge in [-0.1, -0.05) is 12.1 Å². The molecular weight excluding hydrogens is 248 g/mol. The van der Waals surface area contributed by atoms with Crippen LogP contribution in [0.25, 0.3) is 0 Å². The molecule has 0 saturated carbocycles. The third-order valence-corrected chi connectivity index (χ3v) is 5.45. The van der Waals surface area contributed by atoms with Crippen LogP contribution >= 0.6 is 0 Å². The van der Waals surface area contributed by atoms with Crippen LogP contribution < -0.4 is 4.90 Å². The van der Waals surface area contributed by atoms with Gasteiger partial charge in [0, 0.05) is 0 Å². The molecule has 5 heteroatoms. The predicted molar refractivity (Wildman–Crippen MR) is 71.2 cm³/mol. The predicted octanol–water partition coefficient (Wildman–Crippen LogP) is -0.0959. The van der Waals surface area contributed by atoms with Crippen molar-refractivity contribution in [3.05, 3.63) is 29.8 Å². The minimum absolute atomic E-state index is 0.419. The van der Waals surface area contributed by atoms with Gasteiger partial charge in [-0.25, -0.2) is 8.42 Å². The molecule has 0 radical (unpaired) electrons. The smallest absolute Gasteiger partial charge is 0.243 e. The fourth-order valence-corrected chi connectivity index (χ4v) is 3.87. The molecule has 2 rings (SSSR count). The lowest BCUT2D eigenvalue weighted by atomic mass is 10.2. The van der Waals surface area contributed by atoms with Crippen LogP contribution in [-0.4, -0.2) is 45.4 Å². The van der Waals surface area contributed by atoms with Crippen LogP contribution in [0.3, 0.4) is 0 Å². The summed E-state index contributed by atoms with van der Waals surface area (Å²) in [6.07, 6.45) is 0. The summed E-state index contributed by atoms with van der Waals surface area (Å²) in [6.45, 7) is 8.18. The maximum absolute atomic E-state index is 12.5. The summed E-state index contributed by atoms with van der Waals surface area (Å²) < 4.78 is 26.5. The van der Waals surface area contributed by atoms with Crippen molar-refractivity contribution >= 4 is 10.0 Å². The number of benzene rings is 1. The van der Waals surface area contributed by atoms with Crippen LogP contribution in [0.15, 0.2) is 29.2 Å². The van der Waals surface area contributed by atoms with Crippen molar-refractivity contribution in [2.45, 2.75) is 18.7 Å². The van der Waals surface area contributed by atoms with E-state index < -0.39 is 10.0 Å². The van der Waals surface area contributed by atoms with E-state index >= 15 is 0 Å². The second-order valence-electron chi connectivity index (χ2n) is 4.82. The maximum Gasteiger partial charge on any atom is 0.243 e. The quantitative estimate of drug-likeness (QED) is 0.833. The molecule has 0 aliphatic carbocycles. The lowest BCUT2D eigenvalue weighted by Crippen LogP contribution is -3.14. The zero-order valence-corrected chi connectivity index (χ0v) is 11.8. The molecule has 0 unspecified atom stereocenters. The first-order valence-corrected chi connectivity index (χ1v) is 7.88. The van der Waals surface area contributed by atoms with Crippen molar-refractivity contribution in [1.82, 2.24) is 4.31 Å². The van der Waals surface area contributed by atoms with E-state index in [1.54, 1.807) is 22.5 Å². The molecule has 1 aliphatic heterocycles. The standard InChI is InChI=1S/C13H20N2O2S/c1-3-14-7-9-15(10-8-14)18(16,17)13-6-4-5-12(2)11-13/h4-6,11H,3,7-10H2,1-2H3/p+1. The Bertz CT molecular complexity index is 505. The van der Waals surface area contributed by atoms with Crippen molar-refractivity contribution in [2.24, 2.45) is 0 Å². The highest BCUT2D eigenvalue weighted by molar-refractivity contribution is 7.89. The number of likely N-dealkylation sites (N-methyl/N-ethyl adjacent to an activating group) is 1. The van der Waals surface area contributed by atoms with Gasteiger partial charge in [-0.15, -0.1) is 0 Å². The van der Waals surface area contributed by atoms with Crippen LogP contribution in [0, 0.1) is 6.92 Å². The number of sulfonamides is 1. The minimum atomic E-state index is -3.30. The molecule has 4 nitrogen and oxygen atoms in total. The number of quaternary nitrogens is 1. The van der Waals surface area contributed by atoms with E-state index in [1.165, 1.54) is 4.90 Å². The molecular formula is C13H21N2O2S+. The highest BCUT2D eigenvalue weighted by atomic mass is 32.2. The molecule has 0 spiro atoms. The van der Waals surface area contributed by atoms with Crippen LogP contribution in [-0.2, 0) is 10.0 Å². The number of nitrogens with zero attached hydrogens (tertiary/aromatic N) is 1. The second-order valence-corrected chi connectivity index (χ2v) is 6.76. The summed E-state index contributed by atoms with van der Waals surface area (Å²) in [7, 11) is -3.30. The Morgan fingerprint density at radius 2 is 1.94 bits per heavy atom.